The number of halogens is 1. The molecule has 1 aromatic heterocycles. The minimum atomic E-state index is -0.510. The van der Waals surface area contributed by atoms with Crippen LogP contribution in [0, 0.1) is 10.1 Å². The number of nitro groups is 1. The molecule has 0 spiro atoms. The molecule has 2 rings (SSSR count). The highest BCUT2D eigenvalue weighted by molar-refractivity contribution is 6.31. The number of nitrogens with zero attached hydrogens (tertiary/aromatic N) is 2. The van der Waals surface area contributed by atoms with Gasteiger partial charge < -0.3 is 4.57 Å². The molecule has 92 valence electrons. The zero-order valence-electron chi connectivity index (χ0n) is 9.25. The van der Waals surface area contributed by atoms with E-state index in [0.717, 1.165) is 0 Å². The van der Waals surface area contributed by atoms with E-state index in [1.165, 1.54) is 22.8 Å². The number of hydrogen-bond donors (Lipinski definition) is 0. The highest BCUT2D eigenvalue weighted by Gasteiger charge is 2.09. The van der Waals surface area contributed by atoms with Gasteiger partial charge in [-0.2, -0.15) is 0 Å². The fraction of sp³-hybridized carbons (Fsp3) is 0.0833. The van der Waals surface area contributed by atoms with Crippen molar-refractivity contribution in [3.8, 4) is 0 Å². The summed E-state index contributed by atoms with van der Waals surface area (Å²) >= 11 is 5.96. The predicted molar refractivity (Wildman–Crippen MR) is 67.9 cm³/mol. The number of non-ortho nitro benzene ring substituents is 1. The Balaban J connectivity index is 2.33. The van der Waals surface area contributed by atoms with Crippen LogP contribution < -0.4 is 5.56 Å². The molecule has 0 aliphatic heterocycles. The zero-order chi connectivity index (χ0) is 13.1. The predicted octanol–water partition coefficient (Wildman–Crippen LogP) is 2.46. The van der Waals surface area contributed by atoms with Crippen molar-refractivity contribution in [2.24, 2.45) is 0 Å². The molecule has 0 saturated heterocycles. The van der Waals surface area contributed by atoms with Gasteiger partial charge in [-0.05, 0) is 17.7 Å². The van der Waals surface area contributed by atoms with Crippen molar-refractivity contribution < 1.29 is 4.92 Å². The molecule has 0 bridgehead atoms. The van der Waals surface area contributed by atoms with Crippen molar-refractivity contribution in [3.63, 3.8) is 0 Å². The Morgan fingerprint density at radius 2 is 2.06 bits per heavy atom. The minimum absolute atomic E-state index is 0.0656. The average molecular weight is 265 g/mol. The van der Waals surface area contributed by atoms with Crippen molar-refractivity contribution in [1.29, 1.82) is 0 Å². The summed E-state index contributed by atoms with van der Waals surface area (Å²) in [5, 5.41) is 10.8. The molecular formula is C12H9ClN2O3. The third kappa shape index (κ3) is 2.57. The molecule has 6 heteroatoms. The number of hydrogen-bond acceptors (Lipinski definition) is 3. The summed E-state index contributed by atoms with van der Waals surface area (Å²) in [5.41, 5.74) is 0.451. The van der Waals surface area contributed by atoms with Gasteiger partial charge in [0, 0.05) is 24.4 Å². The Morgan fingerprint density at radius 1 is 1.28 bits per heavy atom. The number of pyridine rings is 1. The summed E-state index contributed by atoms with van der Waals surface area (Å²) in [6.45, 7) is 0.288. The SMILES string of the molecule is O=c1ccccn1Cc1ccc([N+](=O)[O-])cc1Cl. The fourth-order valence-electron chi connectivity index (χ4n) is 1.55. The molecule has 1 aromatic carbocycles. The van der Waals surface area contributed by atoms with E-state index in [0.29, 0.717) is 5.56 Å². The van der Waals surface area contributed by atoms with Crippen LogP contribution in [-0.4, -0.2) is 9.49 Å². The van der Waals surface area contributed by atoms with Crippen LogP contribution in [0.5, 0.6) is 0 Å². The van der Waals surface area contributed by atoms with Crippen molar-refractivity contribution in [2.75, 3.05) is 0 Å². The van der Waals surface area contributed by atoms with Crippen LogP contribution in [0.1, 0.15) is 5.56 Å². The first-order valence-corrected chi connectivity index (χ1v) is 5.54. The Bertz CT molecular complexity index is 652. The van der Waals surface area contributed by atoms with Crippen LogP contribution in [0.2, 0.25) is 5.02 Å². The summed E-state index contributed by atoms with van der Waals surface area (Å²) in [4.78, 5) is 21.6. The molecule has 0 N–H and O–H groups in total. The first kappa shape index (κ1) is 12.3. The summed E-state index contributed by atoms with van der Waals surface area (Å²) in [7, 11) is 0. The van der Waals surface area contributed by atoms with Gasteiger partial charge in [0.25, 0.3) is 11.2 Å². The average Bonchev–Trinajstić information content (AvgIpc) is 2.34. The normalized spacial score (nSPS) is 10.3. The van der Waals surface area contributed by atoms with Gasteiger partial charge in [-0.25, -0.2) is 0 Å². The molecule has 0 amide bonds. The van der Waals surface area contributed by atoms with E-state index in [4.69, 9.17) is 11.6 Å². The molecular weight excluding hydrogens is 256 g/mol. The van der Waals surface area contributed by atoms with Crippen LogP contribution in [0.15, 0.2) is 47.4 Å². The van der Waals surface area contributed by atoms with E-state index in [1.54, 1.807) is 24.4 Å². The molecule has 0 fully saturated rings. The second-order valence-electron chi connectivity index (χ2n) is 3.70. The number of rotatable bonds is 3. The van der Waals surface area contributed by atoms with Crippen LogP contribution >= 0.6 is 11.6 Å². The van der Waals surface area contributed by atoms with Crippen LogP contribution in [0.25, 0.3) is 0 Å². The molecule has 1 heterocycles. The smallest absolute Gasteiger partial charge is 0.270 e. The fourth-order valence-corrected chi connectivity index (χ4v) is 1.79. The molecule has 18 heavy (non-hydrogen) atoms. The Hall–Kier alpha value is -2.14. The summed E-state index contributed by atoms with van der Waals surface area (Å²) in [6, 6.07) is 9.04. The van der Waals surface area contributed by atoms with Crippen LogP contribution in [-0.2, 0) is 6.54 Å². The number of aromatic nitrogens is 1. The lowest BCUT2D eigenvalue weighted by molar-refractivity contribution is -0.384. The molecule has 0 unspecified atom stereocenters. The van der Waals surface area contributed by atoms with Gasteiger partial charge in [-0.15, -0.1) is 0 Å². The lowest BCUT2D eigenvalue weighted by Gasteiger charge is -2.06. The molecule has 0 aliphatic carbocycles. The standard InChI is InChI=1S/C12H9ClN2O3/c13-11-7-10(15(17)18)5-4-9(11)8-14-6-2-1-3-12(14)16/h1-7H,8H2. The first-order valence-electron chi connectivity index (χ1n) is 5.16. The third-order valence-electron chi connectivity index (χ3n) is 2.49. The summed E-state index contributed by atoms with van der Waals surface area (Å²) < 4.78 is 1.48. The van der Waals surface area contributed by atoms with Gasteiger partial charge in [0.15, 0.2) is 0 Å². The van der Waals surface area contributed by atoms with E-state index >= 15 is 0 Å². The van der Waals surface area contributed by atoms with E-state index < -0.39 is 4.92 Å². The highest BCUT2D eigenvalue weighted by Crippen LogP contribution is 2.22. The van der Waals surface area contributed by atoms with E-state index in [1.807, 2.05) is 0 Å². The Labute approximate surface area is 107 Å². The van der Waals surface area contributed by atoms with Crippen molar-refractivity contribution >= 4 is 17.3 Å². The highest BCUT2D eigenvalue weighted by atomic mass is 35.5. The van der Waals surface area contributed by atoms with Gasteiger partial charge in [0.1, 0.15) is 0 Å². The zero-order valence-corrected chi connectivity index (χ0v) is 10.0. The second kappa shape index (κ2) is 5.01. The van der Waals surface area contributed by atoms with E-state index in [9.17, 15) is 14.9 Å². The Morgan fingerprint density at radius 3 is 2.67 bits per heavy atom. The summed E-state index contributed by atoms with van der Waals surface area (Å²) in [5.74, 6) is 0. The quantitative estimate of drug-likeness (QED) is 0.632. The lowest BCUT2D eigenvalue weighted by Crippen LogP contribution is -2.18. The van der Waals surface area contributed by atoms with Crippen molar-refractivity contribution in [1.82, 2.24) is 4.57 Å². The number of nitro benzene ring substituents is 1. The number of benzene rings is 1. The molecule has 2 aromatic rings. The topological polar surface area (TPSA) is 65.1 Å². The van der Waals surface area contributed by atoms with Gasteiger partial charge >= 0.3 is 0 Å². The van der Waals surface area contributed by atoms with Crippen LogP contribution in [0.3, 0.4) is 0 Å². The minimum Gasteiger partial charge on any atom is -0.311 e. The second-order valence-corrected chi connectivity index (χ2v) is 4.11. The largest absolute Gasteiger partial charge is 0.311 e. The molecule has 0 saturated carbocycles. The first-order chi connectivity index (χ1) is 8.58. The van der Waals surface area contributed by atoms with Gasteiger partial charge in [0.2, 0.25) is 0 Å². The third-order valence-corrected chi connectivity index (χ3v) is 2.84. The van der Waals surface area contributed by atoms with Crippen molar-refractivity contribution in [3.05, 3.63) is 73.6 Å². The Kier molecular flexibility index (Phi) is 3.43. The van der Waals surface area contributed by atoms with Crippen LogP contribution in [0.4, 0.5) is 5.69 Å². The molecule has 0 aliphatic rings. The van der Waals surface area contributed by atoms with Gasteiger partial charge in [-0.3, -0.25) is 14.9 Å². The van der Waals surface area contributed by atoms with Gasteiger partial charge in [0.05, 0.1) is 16.5 Å². The van der Waals surface area contributed by atoms with E-state index in [2.05, 4.69) is 0 Å². The monoisotopic (exact) mass is 264 g/mol. The van der Waals surface area contributed by atoms with Gasteiger partial charge in [-0.1, -0.05) is 17.7 Å². The molecule has 0 radical (unpaired) electrons. The maximum absolute atomic E-state index is 11.5. The van der Waals surface area contributed by atoms with Crippen molar-refractivity contribution in [2.45, 2.75) is 6.54 Å². The molecule has 0 atom stereocenters. The maximum atomic E-state index is 11.5. The maximum Gasteiger partial charge on any atom is 0.270 e. The molecule has 5 nitrogen and oxygen atoms in total. The van der Waals surface area contributed by atoms with E-state index in [-0.39, 0.29) is 22.8 Å². The summed E-state index contributed by atoms with van der Waals surface area (Å²) in [6.07, 6.45) is 1.64. The lowest BCUT2D eigenvalue weighted by atomic mass is 10.2.